The summed E-state index contributed by atoms with van der Waals surface area (Å²) in [7, 11) is 0. The number of benzene rings is 1. The SMILES string of the molecule is Oc1ccc(C2OCCC3CCCCN32)cc1. The summed E-state index contributed by atoms with van der Waals surface area (Å²) in [5, 5.41) is 9.33. The summed E-state index contributed by atoms with van der Waals surface area (Å²) in [5.74, 6) is 0.319. The van der Waals surface area contributed by atoms with Crippen LogP contribution in [-0.4, -0.2) is 29.2 Å². The highest BCUT2D eigenvalue weighted by Gasteiger charge is 2.33. The monoisotopic (exact) mass is 233 g/mol. The van der Waals surface area contributed by atoms with E-state index in [9.17, 15) is 5.11 Å². The van der Waals surface area contributed by atoms with E-state index in [2.05, 4.69) is 4.90 Å². The lowest BCUT2D eigenvalue weighted by molar-refractivity contribution is -0.136. The van der Waals surface area contributed by atoms with Crippen molar-refractivity contribution in [2.45, 2.75) is 38.0 Å². The molecule has 1 N–H and O–H groups in total. The van der Waals surface area contributed by atoms with Crippen LogP contribution in [0.5, 0.6) is 5.75 Å². The van der Waals surface area contributed by atoms with Gasteiger partial charge in [-0.05, 0) is 37.0 Å². The van der Waals surface area contributed by atoms with Crippen molar-refractivity contribution < 1.29 is 9.84 Å². The maximum atomic E-state index is 9.33. The molecule has 3 rings (SSSR count). The first-order valence-corrected chi connectivity index (χ1v) is 6.51. The Bertz CT molecular complexity index is 374. The Morgan fingerprint density at radius 3 is 2.76 bits per heavy atom. The number of hydrogen-bond donors (Lipinski definition) is 1. The van der Waals surface area contributed by atoms with Gasteiger partial charge in [0.05, 0.1) is 6.61 Å². The number of rotatable bonds is 1. The highest BCUT2D eigenvalue weighted by Crippen LogP contribution is 2.35. The molecule has 92 valence electrons. The van der Waals surface area contributed by atoms with Gasteiger partial charge < -0.3 is 9.84 Å². The van der Waals surface area contributed by atoms with Gasteiger partial charge in [0.25, 0.3) is 0 Å². The van der Waals surface area contributed by atoms with E-state index in [1.165, 1.54) is 19.3 Å². The zero-order chi connectivity index (χ0) is 11.7. The van der Waals surface area contributed by atoms with Crippen molar-refractivity contribution in [1.29, 1.82) is 0 Å². The molecular formula is C14H19NO2. The van der Waals surface area contributed by atoms with Crippen molar-refractivity contribution in [3.8, 4) is 5.75 Å². The summed E-state index contributed by atoms with van der Waals surface area (Å²) in [4.78, 5) is 2.49. The first kappa shape index (κ1) is 11.1. The summed E-state index contributed by atoms with van der Waals surface area (Å²) < 4.78 is 5.92. The van der Waals surface area contributed by atoms with Crippen molar-refractivity contribution in [2.75, 3.05) is 13.2 Å². The Hall–Kier alpha value is -1.06. The minimum Gasteiger partial charge on any atom is -0.508 e. The molecule has 2 unspecified atom stereocenters. The summed E-state index contributed by atoms with van der Waals surface area (Å²) in [6.07, 6.45) is 5.18. The van der Waals surface area contributed by atoms with Gasteiger partial charge >= 0.3 is 0 Å². The van der Waals surface area contributed by atoms with E-state index >= 15 is 0 Å². The van der Waals surface area contributed by atoms with Crippen LogP contribution in [0.4, 0.5) is 0 Å². The molecular weight excluding hydrogens is 214 g/mol. The lowest BCUT2D eigenvalue weighted by Gasteiger charge is -2.44. The second-order valence-corrected chi connectivity index (χ2v) is 4.99. The summed E-state index contributed by atoms with van der Waals surface area (Å²) in [5.41, 5.74) is 1.16. The number of aromatic hydroxyl groups is 1. The van der Waals surface area contributed by atoms with Gasteiger partial charge in [-0.25, -0.2) is 0 Å². The fraction of sp³-hybridized carbons (Fsp3) is 0.571. The van der Waals surface area contributed by atoms with Crippen molar-refractivity contribution in [1.82, 2.24) is 4.90 Å². The molecule has 0 radical (unpaired) electrons. The Morgan fingerprint density at radius 1 is 1.12 bits per heavy atom. The smallest absolute Gasteiger partial charge is 0.137 e. The molecule has 0 spiro atoms. The molecule has 0 saturated carbocycles. The van der Waals surface area contributed by atoms with Gasteiger partial charge in [-0.3, -0.25) is 4.90 Å². The second kappa shape index (κ2) is 4.67. The van der Waals surface area contributed by atoms with Gasteiger partial charge in [0, 0.05) is 12.6 Å². The molecule has 0 aromatic heterocycles. The molecule has 3 heteroatoms. The molecule has 1 aromatic carbocycles. The zero-order valence-corrected chi connectivity index (χ0v) is 10.0. The van der Waals surface area contributed by atoms with Gasteiger partial charge in [-0.2, -0.15) is 0 Å². The molecule has 2 atom stereocenters. The third-order valence-electron chi connectivity index (χ3n) is 3.88. The number of phenolic OH excluding ortho intramolecular Hbond substituents is 1. The third kappa shape index (κ3) is 2.17. The zero-order valence-electron chi connectivity index (χ0n) is 10.0. The lowest BCUT2D eigenvalue weighted by Crippen LogP contribution is -2.47. The average molecular weight is 233 g/mol. The normalized spacial score (nSPS) is 29.9. The van der Waals surface area contributed by atoms with Gasteiger partial charge in [0.1, 0.15) is 12.0 Å². The first-order chi connectivity index (χ1) is 8.34. The predicted molar refractivity (Wildman–Crippen MR) is 65.8 cm³/mol. The summed E-state index contributed by atoms with van der Waals surface area (Å²) in [6.45, 7) is 1.99. The third-order valence-corrected chi connectivity index (χ3v) is 3.88. The molecule has 2 aliphatic heterocycles. The quantitative estimate of drug-likeness (QED) is 0.809. The molecule has 2 heterocycles. The van der Waals surface area contributed by atoms with Gasteiger partial charge in [-0.15, -0.1) is 0 Å². The number of hydrogen-bond acceptors (Lipinski definition) is 3. The Kier molecular flexibility index (Phi) is 3.04. The fourth-order valence-electron chi connectivity index (χ4n) is 2.98. The van der Waals surface area contributed by atoms with E-state index in [0.29, 0.717) is 11.8 Å². The highest BCUT2D eigenvalue weighted by molar-refractivity contribution is 5.27. The van der Waals surface area contributed by atoms with E-state index in [-0.39, 0.29) is 6.23 Å². The van der Waals surface area contributed by atoms with Crippen molar-refractivity contribution in [3.63, 3.8) is 0 Å². The molecule has 0 amide bonds. The van der Waals surface area contributed by atoms with E-state index in [1.54, 1.807) is 12.1 Å². The molecule has 17 heavy (non-hydrogen) atoms. The topological polar surface area (TPSA) is 32.7 Å². The molecule has 0 bridgehead atoms. The van der Waals surface area contributed by atoms with Crippen molar-refractivity contribution in [2.24, 2.45) is 0 Å². The standard InChI is InChI=1S/C14H19NO2/c16-13-6-4-11(5-7-13)14-15-9-2-1-3-12(15)8-10-17-14/h4-7,12,14,16H,1-3,8-10H2. The number of fused-ring (bicyclic) bond motifs is 1. The number of phenols is 1. The summed E-state index contributed by atoms with van der Waals surface area (Å²) in [6, 6.07) is 8.11. The number of ether oxygens (including phenoxy) is 1. The van der Waals surface area contributed by atoms with Crippen LogP contribution in [0.25, 0.3) is 0 Å². The van der Waals surface area contributed by atoms with E-state index in [0.717, 1.165) is 25.1 Å². The van der Waals surface area contributed by atoms with Crippen LogP contribution in [-0.2, 0) is 4.74 Å². The number of piperidine rings is 1. The molecule has 2 fully saturated rings. The minimum absolute atomic E-state index is 0.0923. The van der Waals surface area contributed by atoms with Crippen LogP contribution in [0, 0.1) is 0 Å². The predicted octanol–water partition coefficient (Wildman–Crippen LogP) is 2.67. The van der Waals surface area contributed by atoms with Crippen LogP contribution in [0.15, 0.2) is 24.3 Å². The number of nitrogens with zero attached hydrogens (tertiary/aromatic N) is 1. The van der Waals surface area contributed by atoms with Crippen LogP contribution < -0.4 is 0 Å². The molecule has 0 aliphatic carbocycles. The average Bonchev–Trinajstić information content (AvgIpc) is 2.39. The highest BCUT2D eigenvalue weighted by atomic mass is 16.5. The van der Waals surface area contributed by atoms with E-state index < -0.39 is 0 Å². The Labute approximate surface area is 102 Å². The van der Waals surface area contributed by atoms with Crippen LogP contribution in [0.1, 0.15) is 37.5 Å². The van der Waals surface area contributed by atoms with E-state index in [1.807, 2.05) is 12.1 Å². The molecule has 3 nitrogen and oxygen atoms in total. The maximum absolute atomic E-state index is 9.33. The largest absolute Gasteiger partial charge is 0.508 e. The van der Waals surface area contributed by atoms with Crippen molar-refractivity contribution in [3.05, 3.63) is 29.8 Å². The molecule has 2 saturated heterocycles. The van der Waals surface area contributed by atoms with Gasteiger partial charge in [-0.1, -0.05) is 18.6 Å². The Morgan fingerprint density at radius 2 is 1.94 bits per heavy atom. The summed E-state index contributed by atoms with van der Waals surface area (Å²) >= 11 is 0. The molecule has 1 aromatic rings. The first-order valence-electron chi connectivity index (χ1n) is 6.51. The van der Waals surface area contributed by atoms with E-state index in [4.69, 9.17) is 4.74 Å². The van der Waals surface area contributed by atoms with Gasteiger partial charge in [0.15, 0.2) is 0 Å². The van der Waals surface area contributed by atoms with Crippen LogP contribution in [0.2, 0.25) is 0 Å². The Balaban J connectivity index is 1.83. The van der Waals surface area contributed by atoms with Gasteiger partial charge in [0.2, 0.25) is 0 Å². The fourth-order valence-corrected chi connectivity index (χ4v) is 2.98. The lowest BCUT2D eigenvalue weighted by atomic mass is 9.96. The second-order valence-electron chi connectivity index (χ2n) is 4.99. The van der Waals surface area contributed by atoms with Crippen LogP contribution >= 0.6 is 0 Å². The minimum atomic E-state index is 0.0923. The molecule has 2 aliphatic rings. The maximum Gasteiger partial charge on any atom is 0.137 e. The van der Waals surface area contributed by atoms with Crippen molar-refractivity contribution >= 4 is 0 Å². The van der Waals surface area contributed by atoms with Crippen LogP contribution in [0.3, 0.4) is 0 Å².